The molecule has 1 nitrogen and oxygen atoms in total. The van der Waals surface area contributed by atoms with Crippen LogP contribution in [0.1, 0.15) is 19.8 Å². The third-order valence-corrected chi connectivity index (χ3v) is 2.25. The van der Waals surface area contributed by atoms with Gasteiger partial charge in [0.05, 0.1) is 6.10 Å². The molecule has 0 N–H and O–H groups in total. The summed E-state index contributed by atoms with van der Waals surface area (Å²) in [6.07, 6.45) is 2.80. The van der Waals surface area contributed by atoms with Crippen molar-refractivity contribution in [1.29, 1.82) is 0 Å². The molecule has 0 aromatic carbocycles. The molecule has 0 amide bonds. The van der Waals surface area contributed by atoms with Gasteiger partial charge in [0.15, 0.2) is 0 Å². The molecule has 1 saturated heterocycles. The van der Waals surface area contributed by atoms with Crippen molar-refractivity contribution < 1.29 is 4.74 Å². The van der Waals surface area contributed by atoms with Gasteiger partial charge in [0.1, 0.15) is 0 Å². The number of halogens is 1. The van der Waals surface area contributed by atoms with E-state index in [2.05, 4.69) is 22.9 Å². The Balaban J connectivity index is 2.23. The highest BCUT2D eigenvalue weighted by Crippen LogP contribution is 2.19. The Morgan fingerprint density at radius 1 is 1.62 bits per heavy atom. The van der Waals surface area contributed by atoms with Crippen LogP contribution in [0.3, 0.4) is 0 Å². The first-order chi connectivity index (χ1) is 3.79. The van der Waals surface area contributed by atoms with Crippen molar-refractivity contribution in [2.24, 2.45) is 0 Å². The van der Waals surface area contributed by atoms with Gasteiger partial charge in [-0.25, -0.2) is 0 Å². The van der Waals surface area contributed by atoms with Gasteiger partial charge in [0.2, 0.25) is 0 Å². The fourth-order valence-electron chi connectivity index (χ4n) is 0.943. The van der Waals surface area contributed by atoms with E-state index in [-0.39, 0.29) is 0 Å². The van der Waals surface area contributed by atoms with E-state index in [0.29, 0.717) is 10.9 Å². The van der Waals surface area contributed by atoms with E-state index in [9.17, 15) is 0 Å². The predicted molar refractivity (Wildman–Crippen MR) is 37.4 cm³/mol. The van der Waals surface area contributed by atoms with Crippen LogP contribution in [0, 0.1) is 0 Å². The van der Waals surface area contributed by atoms with Crippen LogP contribution in [0.15, 0.2) is 0 Å². The molecule has 1 aliphatic heterocycles. The van der Waals surface area contributed by atoms with Gasteiger partial charge in [-0.1, -0.05) is 15.9 Å². The zero-order valence-corrected chi connectivity index (χ0v) is 6.65. The molecule has 1 aliphatic rings. The minimum absolute atomic E-state index is 0.466. The fraction of sp³-hybridized carbons (Fsp3) is 1.00. The third kappa shape index (κ3) is 1.75. The highest BCUT2D eigenvalue weighted by Gasteiger charge is 2.15. The quantitative estimate of drug-likeness (QED) is 0.516. The molecule has 0 saturated carbocycles. The first-order valence-electron chi connectivity index (χ1n) is 3.04. The topological polar surface area (TPSA) is 9.23 Å². The average Bonchev–Trinajstić information content (AvgIpc) is 1.64. The molecular weight excluding hydrogens is 168 g/mol. The van der Waals surface area contributed by atoms with Gasteiger partial charge >= 0.3 is 0 Å². The van der Waals surface area contributed by atoms with E-state index in [0.717, 1.165) is 6.61 Å². The van der Waals surface area contributed by atoms with Gasteiger partial charge in [-0.3, -0.25) is 0 Å². The van der Waals surface area contributed by atoms with Gasteiger partial charge < -0.3 is 4.74 Å². The maximum Gasteiger partial charge on any atom is 0.0557 e. The fourth-order valence-corrected chi connectivity index (χ4v) is 1.66. The Labute approximate surface area is 58.5 Å². The lowest BCUT2D eigenvalue weighted by Crippen LogP contribution is -2.22. The van der Waals surface area contributed by atoms with Gasteiger partial charge in [-0.2, -0.15) is 0 Å². The Bertz CT molecular complexity index is 66.9. The summed E-state index contributed by atoms with van der Waals surface area (Å²) in [7, 11) is 0. The second-order valence-corrected chi connectivity index (χ2v) is 3.60. The Kier molecular flexibility index (Phi) is 2.32. The molecule has 0 aromatic heterocycles. The molecule has 0 unspecified atom stereocenters. The summed E-state index contributed by atoms with van der Waals surface area (Å²) in [6, 6.07) is 0. The predicted octanol–water partition coefficient (Wildman–Crippen LogP) is 1.95. The van der Waals surface area contributed by atoms with Crippen LogP contribution in [0.25, 0.3) is 0 Å². The molecule has 48 valence electrons. The van der Waals surface area contributed by atoms with Gasteiger partial charge in [0, 0.05) is 11.4 Å². The summed E-state index contributed by atoms with van der Waals surface area (Å²) in [5.74, 6) is 0. The van der Waals surface area contributed by atoms with Gasteiger partial charge in [-0.05, 0) is 19.8 Å². The number of rotatable bonds is 0. The van der Waals surface area contributed by atoms with Crippen molar-refractivity contribution in [2.75, 3.05) is 6.61 Å². The summed E-state index contributed by atoms with van der Waals surface area (Å²) in [5.41, 5.74) is 0. The highest BCUT2D eigenvalue weighted by atomic mass is 79.9. The van der Waals surface area contributed by atoms with Crippen LogP contribution >= 0.6 is 15.9 Å². The first kappa shape index (κ1) is 6.56. The molecule has 0 bridgehead atoms. The maximum absolute atomic E-state index is 5.32. The second-order valence-electron chi connectivity index (χ2n) is 2.30. The van der Waals surface area contributed by atoms with Crippen LogP contribution in [0.4, 0.5) is 0 Å². The van der Waals surface area contributed by atoms with Crippen molar-refractivity contribution in [3.63, 3.8) is 0 Å². The summed E-state index contributed by atoms with van der Waals surface area (Å²) in [5, 5.41) is 0. The lowest BCUT2D eigenvalue weighted by Gasteiger charge is -2.22. The Morgan fingerprint density at radius 2 is 2.38 bits per heavy atom. The van der Waals surface area contributed by atoms with Gasteiger partial charge in [-0.15, -0.1) is 0 Å². The molecule has 2 heteroatoms. The normalized spacial score (nSPS) is 39.8. The third-order valence-electron chi connectivity index (χ3n) is 1.42. The minimum atomic E-state index is 0.466. The molecule has 0 aromatic rings. The molecular formula is C6H11BrO. The van der Waals surface area contributed by atoms with Crippen LogP contribution in [0.5, 0.6) is 0 Å². The monoisotopic (exact) mass is 178 g/mol. The standard InChI is InChI=1S/C6H11BrO/c1-5-4-6(7)2-3-8-5/h5-6H,2-4H2,1H3/t5-,6+/m1/s1. The van der Waals surface area contributed by atoms with E-state index in [1.54, 1.807) is 0 Å². The van der Waals surface area contributed by atoms with Crippen LogP contribution in [-0.4, -0.2) is 17.5 Å². The molecule has 0 radical (unpaired) electrons. The number of ether oxygens (including phenoxy) is 1. The van der Waals surface area contributed by atoms with Gasteiger partial charge in [0.25, 0.3) is 0 Å². The summed E-state index contributed by atoms with van der Waals surface area (Å²) in [6.45, 7) is 3.05. The molecule has 2 atom stereocenters. The lowest BCUT2D eigenvalue weighted by atomic mass is 10.1. The summed E-state index contributed by atoms with van der Waals surface area (Å²) < 4.78 is 5.32. The highest BCUT2D eigenvalue weighted by molar-refractivity contribution is 9.09. The van der Waals surface area contributed by atoms with Crippen molar-refractivity contribution in [3.8, 4) is 0 Å². The summed E-state index contributed by atoms with van der Waals surface area (Å²) >= 11 is 3.55. The average molecular weight is 179 g/mol. The zero-order chi connectivity index (χ0) is 5.98. The summed E-state index contributed by atoms with van der Waals surface area (Å²) in [4.78, 5) is 0.700. The van der Waals surface area contributed by atoms with E-state index in [4.69, 9.17) is 4.74 Å². The second kappa shape index (κ2) is 2.83. The number of alkyl halides is 1. The molecule has 0 aliphatic carbocycles. The smallest absolute Gasteiger partial charge is 0.0557 e. The van der Waals surface area contributed by atoms with Crippen LogP contribution < -0.4 is 0 Å². The lowest BCUT2D eigenvalue weighted by molar-refractivity contribution is 0.0323. The van der Waals surface area contributed by atoms with Crippen molar-refractivity contribution in [2.45, 2.75) is 30.7 Å². The van der Waals surface area contributed by atoms with Crippen molar-refractivity contribution in [3.05, 3.63) is 0 Å². The number of hydrogen-bond acceptors (Lipinski definition) is 1. The van der Waals surface area contributed by atoms with Crippen molar-refractivity contribution in [1.82, 2.24) is 0 Å². The largest absolute Gasteiger partial charge is 0.378 e. The Hall–Kier alpha value is 0.440. The maximum atomic E-state index is 5.32. The van der Waals surface area contributed by atoms with Crippen LogP contribution in [-0.2, 0) is 4.74 Å². The Morgan fingerprint density at radius 3 is 2.75 bits per heavy atom. The molecule has 1 fully saturated rings. The molecule has 8 heavy (non-hydrogen) atoms. The van der Waals surface area contributed by atoms with E-state index >= 15 is 0 Å². The first-order valence-corrected chi connectivity index (χ1v) is 3.96. The molecule has 1 rings (SSSR count). The van der Waals surface area contributed by atoms with Crippen molar-refractivity contribution >= 4 is 15.9 Å². The number of hydrogen-bond donors (Lipinski definition) is 0. The molecule has 0 spiro atoms. The SMILES string of the molecule is C[C@@H]1C[C@@H](Br)CCO1. The van der Waals surface area contributed by atoms with E-state index in [1.165, 1.54) is 12.8 Å². The van der Waals surface area contributed by atoms with E-state index in [1.807, 2.05) is 0 Å². The molecule has 1 heterocycles. The zero-order valence-electron chi connectivity index (χ0n) is 5.06. The minimum Gasteiger partial charge on any atom is -0.378 e. The van der Waals surface area contributed by atoms with Crippen LogP contribution in [0.2, 0.25) is 0 Å². The van der Waals surface area contributed by atoms with E-state index < -0.39 is 0 Å².